The fraction of sp³-hybridized carbons (Fsp3) is 0.250. The van der Waals surface area contributed by atoms with E-state index in [0.29, 0.717) is 5.92 Å². The van der Waals surface area contributed by atoms with Gasteiger partial charge in [0.05, 0.1) is 0 Å². The summed E-state index contributed by atoms with van der Waals surface area (Å²) >= 11 is 0. The van der Waals surface area contributed by atoms with E-state index in [0.717, 1.165) is 6.42 Å². The number of hydrogen-bond acceptors (Lipinski definition) is 0. The first-order valence-electron chi connectivity index (χ1n) is 5.81. The van der Waals surface area contributed by atoms with E-state index in [1.54, 1.807) is 0 Å². The minimum atomic E-state index is 0. The zero-order valence-electron chi connectivity index (χ0n) is 10.5. The van der Waals surface area contributed by atoms with Gasteiger partial charge in [0.1, 0.15) is 0 Å². The molecule has 0 saturated heterocycles. The second kappa shape index (κ2) is 7.08. The van der Waals surface area contributed by atoms with Crippen molar-refractivity contribution in [2.45, 2.75) is 26.2 Å². The van der Waals surface area contributed by atoms with Gasteiger partial charge in [-0.3, -0.25) is 0 Å². The summed E-state index contributed by atoms with van der Waals surface area (Å²) < 4.78 is 0. The van der Waals surface area contributed by atoms with E-state index in [-0.39, 0.29) is 32.7 Å². The van der Waals surface area contributed by atoms with Crippen LogP contribution in [0.4, 0.5) is 0 Å². The molecule has 0 unspecified atom stereocenters. The molecule has 0 aliphatic carbocycles. The zero-order valence-corrected chi connectivity index (χ0v) is 13.3. The average Bonchev–Trinajstić information content (AvgIpc) is 2.30. The molecule has 0 amide bonds. The van der Waals surface area contributed by atoms with Crippen LogP contribution in [0.1, 0.15) is 36.5 Å². The Hall–Kier alpha value is -0.456. The van der Waals surface area contributed by atoms with Gasteiger partial charge in [0.25, 0.3) is 0 Å². The largest absolute Gasteiger partial charge is 0.176 e. The fourth-order valence-corrected chi connectivity index (χ4v) is 1.79. The van der Waals surface area contributed by atoms with Gasteiger partial charge in [-0.05, 0) is 17.9 Å². The molecule has 0 fully saturated rings. The van der Waals surface area contributed by atoms with Crippen LogP contribution in [0.25, 0.3) is 0 Å². The molecule has 1 heteroatoms. The molecule has 1 radical (unpaired) electrons. The zero-order chi connectivity index (χ0) is 11.4. The normalized spacial score (nSPS) is 10.1. The summed E-state index contributed by atoms with van der Waals surface area (Å²) in [4.78, 5) is 0. The van der Waals surface area contributed by atoms with Crippen LogP contribution in [-0.4, -0.2) is 0 Å². The molecule has 85 valence electrons. The predicted molar refractivity (Wildman–Crippen MR) is 68.6 cm³/mol. The molecule has 0 bridgehead atoms. The van der Waals surface area contributed by atoms with Gasteiger partial charge >= 0.3 is 0 Å². The first kappa shape index (κ1) is 14.6. The molecule has 17 heavy (non-hydrogen) atoms. The van der Waals surface area contributed by atoms with Gasteiger partial charge in [0.2, 0.25) is 0 Å². The Morgan fingerprint density at radius 1 is 0.941 bits per heavy atom. The minimum absolute atomic E-state index is 0. The van der Waals surface area contributed by atoms with Crippen molar-refractivity contribution >= 4 is 0 Å². The van der Waals surface area contributed by atoms with Crippen molar-refractivity contribution in [1.29, 1.82) is 0 Å². The Bertz CT molecular complexity index is 446. The van der Waals surface area contributed by atoms with Crippen molar-refractivity contribution < 1.29 is 32.7 Å². The van der Waals surface area contributed by atoms with Gasteiger partial charge in [-0.15, -0.1) is 0 Å². The summed E-state index contributed by atoms with van der Waals surface area (Å²) in [5.74, 6) is 0.552. The van der Waals surface area contributed by atoms with Crippen molar-refractivity contribution in [3.63, 3.8) is 0 Å². The van der Waals surface area contributed by atoms with Crippen LogP contribution < -0.4 is 0 Å². The third-order valence-corrected chi connectivity index (χ3v) is 2.74. The summed E-state index contributed by atoms with van der Waals surface area (Å²) in [6.07, 6.45) is 0.974. The SMILES string of the molecule is CC(C)c1[c-]c(Cc2ccccc2)ccc1.[Y]. The number of rotatable bonds is 3. The Morgan fingerprint density at radius 2 is 1.65 bits per heavy atom. The van der Waals surface area contributed by atoms with Gasteiger partial charge in [0, 0.05) is 32.7 Å². The standard InChI is InChI=1S/C16H17.Y/c1-13(2)16-10-6-9-15(12-16)11-14-7-4-3-5-8-14;/h3-10,13H,11H2,1-2H3;/q-1;. The topological polar surface area (TPSA) is 0 Å². The molecule has 0 aliphatic heterocycles. The van der Waals surface area contributed by atoms with Crippen LogP contribution in [0.2, 0.25) is 0 Å². The van der Waals surface area contributed by atoms with Crippen LogP contribution >= 0.6 is 0 Å². The number of benzene rings is 2. The minimum Gasteiger partial charge on any atom is -0.176 e. The molecule has 0 spiro atoms. The summed E-state index contributed by atoms with van der Waals surface area (Å²) in [6, 6.07) is 20.5. The molecule has 0 aromatic heterocycles. The molecule has 0 N–H and O–H groups in total. The van der Waals surface area contributed by atoms with Gasteiger partial charge < -0.3 is 0 Å². The third kappa shape index (κ3) is 4.37. The van der Waals surface area contributed by atoms with E-state index < -0.39 is 0 Å². The molecule has 0 aliphatic rings. The van der Waals surface area contributed by atoms with E-state index >= 15 is 0 Å². The first-order chi connectivity index (χ1) is 7.75. The van der Waals surface area contributed by atoms with E-state index in [1.165, 1.54) is 16.7 Å². The molecular weight excluding hydrogens is 281 g/mol. The molecule has 0 atom stereocenters. The summed E-state index contributed by atoms with van der Waals surface area (Å²) in [7, 11) is 0. The maximum Gasteiger partial charge on any atom is 0 e. The molecule has 2 aromatic carbocycles. The maximum atomic E-state index is 3.49. The van der Waals surface area contributed by atoms with E-state index in [4.69, 9.17) is 0 Å². The second-order valence-corrected chi connectivity index (χ2v) is 4.45. The predicted octanol–water partition coefficient (Wildman–Crippen LogP) is 4.20. The quantitative estimate of drug-likeness (QED) is 0.745. The fourth-order valence-electron chi connectivity index (χ4n) is 1.79. The van der Waals surface area contributed by atoms with Gasteiger partial charge in [0.15, 0.2) is 0 Å². The average molecular weight is 298 g/mol. The van der Waals surface area contributed by atoms with Gasteiger partial charge in [-0.2, -0.15) is 35.4 Å². The number of hydrogen-bond donors (Lipinski definition) is 0. The van der Waals surface area contributed by atoms with Crippen molar-refractivity contribution in [2.75, 3.05) is 0 Å². The molecule has 2 rings (SSSR count). The van der Waals surface area contributed by atoms with Crippen LogP contribution in [0, 0.1) is 6.07 Å². The summed E-state index contributed by atoms with van der Waals surface area (Å²) in [6.45, 7) is 4.41. The second-order valence-electron chi connectivity index (χ2n) is 4.45. The van der Waals surface area contributed by atoms with Gasteiger partial charge in [-0.1, -0.05) is 44.2 Å². The molecular formula is C16H17Y-. The first-order valence-corrected chi connectivity index (χ1v) is 5.81. The molecule has 0 saturated carbocycles. The van der Waals surface area contributed by atoms with Crippen LogP contribution in [0.3, 0.4) is 0 Å². The van der Waals surface area contributed by atoms with Crippen molar-refractivity contribution in [1.82, 2.24) is 0 Å². The Morgan fingerprint density at radius 3 is 2.29 bits per heavy atom. The Labute approximate surface area is 129 Å². The molecule has 2 aromatic rings. The van der Waals surface area contributed by atoms with Crippen molar-refractivity contribution in [3.05, 3.63) is 71.3 Å². The summed E-state index contributed by atoms with van der Waals surface area (Å²) in [5, 5.41) is 0. The van der Waals surface area contributed by atoms with E-state index in [9.17, 15) is 0 Å². The summed E-state index contributed by atoms with van der Waals surface area (Å²) in [5.41, 5.74) is 3.92. The molecule has 0 nitrogen and oxygen atoms in total. The van der Waals surface area contributed by atoms with Crippen LogP contribution in [-0.2, 0) is 39.1 Å². The van der Waals surface area contributed by atoms with E-state index in [2.05, 4.69) is 68.4 Å². The molecule has 0 heterocycles. The van der Waals surface area contributed by atoms with Crippen LogP contribution in [0.15, 0.2) is 48.5 Å². The maximum absolute atomic E-state index is 3.49. The third-order valence-electron chi connectivity index (χ3n) is 2.74. The van der Waals surface area contributed by atoms with E-state index in [1.807, 2.05) is 0 Å². The van der Waals surface area contributed by atoms with Crippen LogP contribution in [0.5, 0.6) is 0 Å². The van der Waals surface area contributed by atoms with Crippen molar-refractivity contribution in [3.8, 4) is 0 Å². The monoisotopic (exact) mass is 298 g/mol. The van der Waals surface area contributed by atoms with Gasteiger partial charge in [-0.25, -0.2) is 0 Å². The Kier molecular flexibility index (Phi) is 6.09. The Balaban J connectivity index is 0.00000144. The smallest absolute Gasteiger partial charge is 0 e. The van der Waals surface area contributed by atoms with Crippen molar-refractivity contribution in [2.24, 2.45) is 0 Å².